The Hall–Kier alpha value is -1.75. The molecule has 1 aromatic rings. The highest BCUT2D eigenvalue weighted by Crippen LogP contribution is 2.27. The Bertz CT molecular complexity index is 468. The van der Waals surface area contributed by atoms with Crippen LogP contribution in [0.2, 0.25) is 0 Å². The van der Waals surface area contributed by atoms with Gasteiger partial charge in [-0.15, -0.1) is 0 Å². The van der Waals surface area contributed by atoms with Gasteiger partial charge in [-0.1, -0.05) is 0 Å². The van der Waals surface area contributed by atoms with Gasteiger partial charge in [-0.3, -0.25) is 4.79 Å². The molecule has 104 valence electrons. The van der Waals surface area contributed by atoms with Crippen LogP contribution in [0.4, 0.5) is 11.4 Å². The number of carbonyl (C=O) groups is 1. The normalized spacial score (nSPS) is 22.2. The standard InChI is InChI=1S/C14H21N3O2/c1-3-16-13(18)11-5-4-10(15)8-12(11)17-14(2)6-7-19-9-14/h4-5,8,17H,3,6-7,9,15H2,1-2H3,(H,16,18). The summed E-state index contributed by atoms with van der Waals surface area (Å²) in [4.78, 5) is 12.0. The first-order valence-corrected chi connectivity index (χ1v) is 6.58. The number of amides is 1. The van der Waals surface area contributed by atoms with Gasteiger partial charge in [-0.05, 0) is 38.5 Å². The van der Waals surface area contributed by atoms with E-state index in [4.69, 9.17) is 10.5 Å². The molecule has 1 fully saturated rings. The number of nitrogen functional groups attached to an aromatic ring is 1. The smallest absolute Gasteiger partial charge is 0.253 e. The van der Waals surface area contributed by atoms with E-state index in [-0.39, 0.29) is 11.4 Å². The number of rotatable bonds is 4. The molecule has 1 heterocycles. The van der Waals surface area contributed by atoms with Gasteiger partial charge in [0.15, 0.2) is 0 Å². The van der Waals surface area contributed by atoms with Crippen LogP contribution >= 0.6 is 0 Å². The molecule has 0 spiro atoms. The van der Waals surface area contributed by atoms with Crippen molar-refractivity contribution in [1.29, 1.82) is 0 Å². The Morgan fingerprint density at radius 1 is 1.53 bits per heavy atom. The van der Waals surface area contributed by atoms with Crippen molar-refractivity contribution < 1.29 is 9.53 Å². The summed E-state index contributed by atoms with van der Waals surface area (Å²) >= 11 is 0. The third kappa shape index (κ3) is 3.17. The van der Waals surface area contributed by atoms with Crippen LogP contribution in [0, 0.1) is 0 Å². The van der Waals surface area contributed by atoms with Crippen LogP contribution in [0.1, 0.15) is 30.6 Å². The highest BCUT2D eigenvalue weighted by atomic mass is 16.5. The minimum absolute atomic E-state index is 0.0903. The number of anilines is 2. The molecule has 2 rings (SSSR count). The fourth-order valence-electron chi connectivity index (χ4n) is 2.21. The lowest BCUT2D eigenvalue weighted by molar-refractivity contribution is 0.0956. The second kappa shape index (κ2) is 5.48. The first-order valence-electron chi connectivity index (χ1n) is 6.58. The summed E-state index contributed by atoms with van der Waals surface area (Å²) in [5, 5.41) is 6.21. The van der Waals surface area contributed by atoms with Crippen molar-refractivity contribution in [2.24, 2.45) is 0 Å². The first-order chi connectivity index (χ1) is 9.04. The number of hydrogen-bond donors (Lipinski definition) is 3. The molecule has 4 N–H and O–H groups in total. The Morgan fingerprint density at radius 3 is 2.95 bits per heavy atom. The van der Waals surface area contributed by atoms with Crippen molar-refractivity contribution in [3.63, 3.8) is 0 Å². The minimum atomic E-state index is -0.144. The molecule has 1 aromatic carbocycles. The average molecular weight is 263 g/mol. The summed E-state index contributed by atoms with van der Waals surface area (Å²) in [6.45, 7) is 5.96. The number of ether oxygens (including phenoxy) is 1. The van der Waals surface area contributed by atoms with E-state index in [1.54, 1.807) is 18.2 Å². The Balaban J connectivity index is 2.26. The lowest BCUT2D eigenvalue weighted by Crippen LogP contribution is -2.36. The van der Waals surface area contributed by atoms with E-state index in [2.05, 4.69) is 17.6 Å². The second-order valence-corrected chi connectivity index (χ2v) is 5.15. The van der Waals surface area contributed by atoms with Crippen molar-refractivity contribution in [2.45, 2.75) is 25.8 Å². The highest BCUT2D eigenvalue weighted by molar-refractivity contribution is 6.00. The predicted molar refractivity (Wildman–Crippen MR) is 76.3 cm³/mol. The van der Waals surface area contributed by atoms with E-state index in [1.807, 2.05) is 6.92 Å². The first kappa shape index (κ1) is 13.7. The average Bonchev–Trinajstić information content (AvgIpc) is 2.76. The van der Waals surface area contributed by atoms with Crippen LogP contribution in [0.3, 0.4) is 0 Å². The third-order valence-corrected chi connectivity index (χ3v) is 3.28. The number of nitrogens with two attached hydrogens (primary N) is 1. The lowest BCUT2D eigenvalue weighted by Gasteiger charge is -2.26. The predicted octanol–water partition coefficient (Wildman–Crippen LogP) is 1.61. The van der Waals surface area contributed by atoms with E-state index >= 15 is 0 Å². The van der Waals surface area contributed by atoms with E-state index in [0.717, 1.165) is 18.7 Å². The highest BCUT2D eigenvalue weighted by Gasteiger charge is 2.30. The summed E-state index contributed by atoms with van der Waals surface area (Å²) in [5.41, 5.74) is 7.69. The summed E-state index contributed by atoms with van der Waals surface area (Å²) in [7, 11) is 0. The maximum absolute atomic E-state index is 12.0. The maximum Gasteiger partial charge on any atom is 0.253 e. The van der Waals surface area contributed by atoms with Gasteiger partial charge in [0.25, 0.3) is 5.91 Å². The topological polar surface area (TPSA) is 76.4 Å². The summed E-state index contributed by atoms with van der Waals surface area (Å²) in [6, 6.07) is 5.29. The van der Waals surface area contributed by atoms with Gasteiger partial charge >= 0.3 is 0 Å². The lowest BCUT2D eigenvalue weighted by atomic mass is 10.00. The molecule has 0 saturated carbocycles. The zero-order chi connectivity index (χ0) is 13.9. The zero-order valence-corrected chi connectivity index (χ0v) is 11.5. The molecule has 0 aliphatic carbocycles. The molecule has 0 radical (unpaired) electrons. The maximum atomic E-state index is 12.0. The minimum Gasteiger partial charge on any atom is -0.399 e. The van der Waals surface area contributed by atoms with Gasteiger partial charge in [0, 0.05) is 24.5 Å². The Labute approximate surface area is 113 Å². The van der Waals surface area contributed by atoms with Crippen LogP contribution in [0.25, 0.3) is 0 Å². The zero-order valence-electron chi connectivity index (χ0n) is 11.5. The van der Waals surface area contributed by atoms with Gasteiger partial charge in [0.2, 0.25) is 0 Å². The molecule has 1 unspecified atom stereocenters. The van der Waals surface area contributed by atoms with Gasteiger partial charge in [0.1, 0.15) is 0 Å². The van der Waals surface area contributed by atoms with Gasteiger partial charge in [-0.2, -0.15) is 0 Å². The fourth-order valence-corrected chi connectivity index (χ4v) is 2.21. The van der Waals surface area contributed by atoms with Crippen LogP contribution in [-0.4, -0.2) is 31.2 Å². The van der Waals surface area contributed by atoms with E-state index in [1.165, 1.54) is 0 Å². The van der Waals surface area contributed by atoms with E-state index in [9.17, 15) is 4.79 Å². The van der Waals surface area contributed by atoms with Crippen LogP contribution in [-0.2, 0) is 4.74 Å². The van der Waals surface area contributed by atoms with Crippen molar-refractivity contribution >= 4 is 17.3 Å². The van der Waals surface area contributed by atoms with Crippen molar-refractivity contribution in [3.05, 3.63) is 23.8 Å². The van der Waals surface area contributed by atoms with Crippen molar-refractivity contribution in [3.8, 4) is 0 Å². The fraction of sp³-hybridized carbons (Fsp3) is 0.500. The van der Waals surface area contributed by atoms with E-state index < -0.39 is 0 Å². The van der Waals surface area contributed by atoms with Crippen molar-refractivity contribution in [1.82, 2.24) is 5.32 Å². The van der Waals surface area contributed by atoms with Crippen molar-refractivity contribution in [2.75, 3.05) is 30.8 Å². The molecule has 5 heteroatoms. The molecule has 1 amide bonds. The van der Waals surface area contributed by atoms with Gasteiger partial charge in [0.05, 0.1) is 17.7 Å². The Kier molecular flexibility index (Phi) is 3.95. The number of nitrogens with one attached hydrogen (secondary N) is 2. The van der Waals surface area contributed by atoms with E-state index in [0.29, 0.717) is 24.4 Å². The molecular weight excluding hydrogens is 242 g/mol. The number of benzene rings is 1. The Morgan fingerprint density at radius 2 is 2.32 bits per heavy atom. The van der Waals surface area contributed by atoms with Crippen LogP contribution in [0.15, 0.2) is 18.2 Å². The molecule has 19 heavy (non-hydrogen) atoms. The molecule has 0 aromatic heterocycles. The van der Waals surface area contributed by atoms with Gasteiger partial charge < -0.3 is 21.1 Å². The largest absolute Gasteiger partial charge is 0.399 e. The molecule has 0 bridgehead atoms. The quantitative estimate of drug-likeness (QED) is 0.721. The molecule has 1 aliphatic rings. The SMILES string of the molecule is CCNC(=O)c1ccc(N)cc1NC1(C)CCOC1. The summed E-state index contributed by atoms with van der Waals surface area (Å²) < 4.78 is 5.42. The third-order valence-electron chi connectivity index (χ3n) is 3.28. The molecule has 1 saturated heterocycles. The van der Waals surface area contributed by atoms with Gasteiger partial charge in [-0.25, -0.2) is 0 Å². The molecule has 5 nitrogen and oxygen atoms in total. The molecule has 1 atom stereocenters. The summed E-state index contributed by atoms with van der Waals surface area (Å²) in [6.07, 6.45) is 0.913. The second-order valence-electron chi connectivity index (χ2n) is 5.15. The monoisotopic (exact) mass is 263 g/mol. The number of carbonyl (C=O) groups excluding carboxylic acids is 1. The molecule has 1 aliphatic heterocycles. The summed E-state index contributed by atoms with van der Waals surface area (Å²) in [5.74, 6) is -0.0903. The van der Waals surface area contributed by atoms with Crippen LogP contribution < -0.4 is 16.4 Å². The number of hydrogen-bond acceptors (Lipinski definition) is 4. The molecular formula is C14H21N3O2. The van der Waals surface area contributed by atoms with Crippen LogP contribution in [0.5, 0.6) is 0 Å².